The second kappa shape index (κ2) is 3.63. The van der Waals surface area contributed by atoms with Gasteiger partial charge in [-0.2, -0.15) is 0 Å². The molecule has 1 aromatic heterocycles. The van der Waals surface area contributed by atoms with Crippen LogP contribution in [0, 0.1) is 5.41 Å². The second-order valence-electron chi connectivity index (χ2n) is 5.09. The lowest BCUT2D eigenvalue weighted by Gasteiger charge is -2.41. The summed E-state index contributed by atoms with van der Waals surface area (Å²) in [6, 6.07) is 8.51. The van der Waals surface area contributed by atoms with E-state index in [-0.39, 0.29) is 0 Å². The van der Waals surface area contributed by atoms with E-state index in [9.17, 15) is 0 Å². The van der Waals surface area contributed by atoms with Crippen LogP contribution in [0.1, 0.15) is 24.8 Å². The van der Waals surface area contributed by atoms with Crippen LogP contribution in [0.5, 0.6) is 0 Å². The van der Waals surface area contributed by atoms with Crippen molar-refractivity contribution in [2.24, 2.45) is 11.1 Å². The van der Waals surface area contributed by atoms with Crippen LogP contribution in [0.3, 0.4) is 0 Å². The Labute approximate surface area is 95.8 Å². The van der Waals surface area contributed by atoms with Crippen molar-refractivity contribution in [1.82, 2.24) is 4.98 Å². The van der Waals surface area contributed by atoms with Gasteiger partial charge in [-0.1, -0.05) is 24.6 Å². The van der Waals surface area contributed by atoms with Crippen molar-refractivity contribution in [1.29, 1.82) is 0 Å². The number of benzene rings is 1. The molecule has 1 saturated carbocycles. The molecule has 1 fully saturated rings. The van der Waals surface area contributed by atoms with E-state index in [1.54, 1.807) is 0 Å². The van der Waals surface area contributed by atoms with Gasteiger partial charge in [-0.15, -0.1) is 0 Å². The molecule has 1 aliphatic rings. The highest BCUT2D eigenvalue weighted by Crippen LogP contribution is 2.43. The fourth-order valence-corrected chi connectivity index (χ4v) is 2.81. The molecule has 1 heterocycles. The zero-order valence-electron chi connectivity index (χ0n) is 9.50. The quantitative estimate of drug-likeness (QED) is 0.810. The molecular formula is C14H18N2. The Bertz CT molecular complexity index is 489. The van der Waals surface area contributed by atoms with Crippen molar-refractivity contribution >= 4 is 10.9 Å². The van der Waals surface area contributed by atoms with Gasteiger partial charge in [-0.25, -0.2) is 0 Å². The van der Waals surface area contributed by atoms with Gasteiger partial charge in [0.15, 0.2) is 0 Å². The average molecular weight is 214 g/mol. The molecule has 3 N–H and O–H groups in total. The minimum absolute atomic E-state index is 0.394. The molecule has 2 aromatic rings. The molecule has 0 bridgehead atoms. The molecule has 84 valence electrons. The molecule has 2 nitrogen and oxygen atoms in total. The highest BCUT2D eigenvalue weighted by Gasteiger charge is 2.35. The Balaban J connectivity index is 1.94. The van der Waals surface area contributed by atoms with Crippen LogP contribution in [0.2, 0.25) is 0 Å². The number of aromatic amines is 1. The van der Waals surface area contributed by atoms with Crippen molar-refractivity contribution in [3.8, 4) is 0 Å². The van der Waals surface area contributed by atoms with Crippen LogP contribution in [0.15, 0.2) is 30.5 Å². The summed E-state index contributed by atoms with van der Waals surface area (Å²) in [5.41, 5.74) is 8.98. The van der Waals surface area contributed by atoms with E-state index in [4.69, 9.17) is 5.73 Å². The number of fused-ring (bicyclic) bond motifs is 1. The molecule has 3 rings (SSSR count). The van der Waals surface area contributed by atoms with E-state index >= 15 is 0 Å². The van der Waals surface area contributed by atoms with E-state index in [0.717, 1.165) is 13.0 Å². The van der Waals surface area contributed by atoms with Crippen LogP contribution < -0.4 is 5.73 Å². The largest absolute Gasteiger partial charge is 0.361 e. The third-order valence-corrected chi connectivity index (χ3v) is 4.09. The number of H-pyrrole nitrogens is 1. The van der Waals surface area contributed by atoms with E-state index in [0.29, 0.717) is 5.41 Å². The van der Waals surface area contributed by atoms with Crippen molar-refractivity contribution in [3.05, 3.63) is 36.0 Å². The summed E-state index contributed by atoms with van der Waals surface area (Å²) in [6.07, 6.45) is 7.22. The number of rotatable bonds is 3. The van der Waals surface area contributed by atoms with Crippen molar-refractivity contribution in [2.45, 2.75) is 25.7 Å². The number of hydrogen-bond acceptors (Lipinski definition) is 1. The first kappa shape index (κ1) is 9.91. The van der Waals surface area contributed by atoms with Crippen LogP contribution in [-0.2, 0) is 6.42 Å². The van der Waals surface area contributed by atoms with Gasteiger partial charge in [0.2, 0.25) is 0 Å². The monoisotopic (exact) mass is 214 g/mol. The zero-order chi connectivity index (χ0) is 11.0. The smallest absolute Gasteiger partial charge is 0.0456 e. The van der Waals surface area contributed by atoms with Gasteiger partial charge >= 0.3 is 0 Å². The van der Waals surface area contributed by atoms with Gasteiger partial charge in [0, 0.05) is 17.1 Å². The molecule has 0 amide bonds. The third kappa shape index (κ3) is 1.45. The van der Waals surface area contributed by atoms with E-state index < -0.39 is 0 Å². The van der Waals surface area contributed by atoms with Crippen molar-refractivity contribution < 1.29 is 0 Å². The Morgan fingerprint density at radius 2 is 2.06 bits per heavy atom. The van der Waals surface area contributed by atoms with Crippen molar-refractivity contribution in [3.63, 3.8) is 0 Å². The first-order valence-electron chi connectivity index (χ1n) is 6.08. The van der Waals surface area contributed by atoms with Gasteiger partial charge in [-0.3, -0.25) is 0 Å². The molecule has 0 saturated heterocycles. The van der Waals surface area contributed by atoms with Crippen LogP contribution in [-0.4, -0.2) is 11.5 Å². The summed E-state index contributed by atoms with van der Waals surface area (Å²) < 4.78 is 0. The maximum atomic E-state index is 5.92. The number of nitrogens with one attached hydrogen (secondary N) is 1. The standard InChI is InChI=1S/C14H18N2/c15-10-14(6-3-7-14)8-11-9-16-13-5-2-1-4-12(11)13/h1-2,4-5,9,16H,3,6-8,10,15H2. The summed E-state index contributed by atoms with van der Waals surface area (Å²) in [4.78, 5) is 3.34. The predicted octanol–water partition coefficient (Wildman–Crippen LogP) is 2.84. The average Bonchev–Trinajstić information content (AvgIpc) is 2.67. The SMILES string of the molecule is NCC1(Cc2c[nH]c3ccccc23)CCC1. The summed E-state index contributed by atoms with van der Waals surface area (Å²) in [7, 11) is 0. The Morgan fingerprint density at radius 3 is 2.75 bits per heavy atom. The minimum Gasteiger partial charge on any atom is -0.361 e. The molecule has 0 aliphatic heterocycles. The maximum Gasteiger partial charge on any atom is 0.0456 e. The van der Waals surface area contributed by atoms with Gasteiger partial charge in [0.05, 0.1) is 0 Å². The molecule has 1 aromatic carbocycles. The topological polar surface area (TPSA) is 41.8 Å². The van der Waals surface area contributed by atoms with Crippen LogP contribution >= 0.6 is 0 Å². The van der Waals surface area contributed by atoms with E-state index in [1.165, 1.54) is 35.7 Å². The van der Waals surface area contributed by atoms with Crippen molar-refractivity contribution in [2.75, 3.05) is 6.54 Å². The Hall–Kier alpha value is -1.28. The third-order valence-electron chi connectivity index (χ3n) is 4.09. The first-order chi connectivity index (χ1) is 7.83. The van der Waals surface area contributed by atoms with E-state index in [2.05, 4.69) is 35.4 Å². The van der Waals surface area contributed by atoms with Gasteiger partial charge in [0.25, 0.3) is 0 Å². The summed E-state index contributed by atoms with van der Waals surface area (Å²) in [6.45, 7) is 0.826. The lowest BCUT2D eigenvalue weighted by Crippen LogP contribution is -2.39. The lowest BCUT2D eigenvalue weighted by molar-refractivity contribution is 0.145. The Morgan fingerprint density at radius 1 is 1.25 bits per heavy atom. The van der Waals surface area contributed by atoms with Crippen LogP contribution in [0.25, 0.3) is 10.9 Å². The molecule has 0 atom stereocenters. The summed E-state index contributed by atoms with van der Waals surface area (Å²) >= 11 is 0. The maximum absolute atomic E-state index is 5.92. The molecule has 16 heavy (non-hydrogen) atoms. The second-order valence-corrected chi connectivity index (χ2v) is 5.09. The fraction of sp³-hybridized carbons (Fsp3) is 0.429. The molecule has 0 radical (unpaired) electrons. The minimum atomic E-state index is 0.394. The molecule has 0 spiro atoms. The highest BCUT2D eigenvalue weighted by molar-refractivity contribution is 5.83. The highest BCUT2D eigenvalue weighted by atomic mass is 14.7. The first-order valence-corrected chi connectivity index (χ1v) is 6.08. The Kier molecular flexibility index (Phi) is 2.25. The fourth-order valence-electron chi connectivity index (χ4n) is 2.81. The molecule has 2 heteroatoms. The molecule has 0 unspecified atom stereocenters. The van der Waals surface area contributed by atoms with Gasteiger partial charge in [0.1, 0.15) is 0 Å². The normalized spacial score (nSPS) is 18.6. The summed E-state index contributed by atoms with van der Waals surface area (Å²) in [5.74, 6) is 0. The number of aromatic nitrogens is 1. The summed E-state index contributed by atoms with van der Waals surface area (Å²) in [5, 5.41) is 1.36. The molecular weight excluding hydrogens is 196 g/mol. The van der Waals surface area contributed by atoms with Gasteiger partial charge in [-0.05, 0) is 42.9 Å². The zero-order valence-corrected chi connectivity index (χ0v) is 9.50. The number of para-hydroxylation sites is 1. The number of hydrogen-bond donors (Lipinski definition) is 2. The lowest BCUT2D eigenvalue weighted by atomic mass is 9.65. The van der Waals surface area contributed by atoms with Gasteiger partial charge < -0.3 is 10.7 Å². The molecule has 1 aliphatic carbocycles. The van der Waals surface area contributed by atoms with Crippen LogP contribution in [0.4, 0.5) is 0 Å². The predicted molar refractivity (Wildman–Crippen MR) is 67.3 cm³/mol. The number of nitrogens with two attached hydrogens (primary N) is 1. The van der Waals surface area contributed by atoms with E-state index in [1.807, 2.05) is 0 Å².